The zero-order valence-electron chi connectivity index (χ0n) is 19.5. The van der Waals surface area contributed by atoms with Crippen molar-refractivity contribution in [2.24, 2.45) is 5.92 Å². The molecule has 0 unspecified atom stereocenters. The fraction of sp³-hybridized carbons (Fsp3) is 0.462. The maximum absolute atomic E-state index is 12.9. The lowest BCUT2D eigenvalue weighted by molar-refractivity contribution is -0.137. The number of para-hydroxylation sites is 2. The van der Waals surface area contributed by atoms with Gasteiger partial charge in [0.1, 0.15) is 11.6 Å². The van der Waals surface area contributed by atoms with Crippen LogP contribution in [-0.2, 0) is 17.9 Å². The number of nitrogens with zero attached hydrogens (tertiary/aromatic N) is 4. The van der Waals surface area contributed by atoms with Crippen molar-refractivity contribution in [3.05, 3.63) is 59.9 Å². The van der Waals surface area contributed by atoms with Gasteiger partial charge in [-0.15, -0.1) is 0 Å². The molecule has 0 spiro atoms. The number of ether oxygens (including phenoxy) is 1. The van der Waals surface area contributed by atoms with Crippen LogP contribution in [0.5, 0.6) is 5.75 Å². The van der Waals surface area contributed by atoms with Gasteiger partial charge >= 0.3 is 0 Å². The van der Waals surface area contributed by atoms with Crippen LogP contribution in [0.25, 0.3) is 11.0 Å². The summed E-state index contributed by atoms with van der Waals surface area (Å²) in [6.07, 6.45) is 2.03. The maximum Gasteiger partial charge on any atom is 0.226 e. The van der Waals surface area contributed by atoms with Gasteiger partial charge in [0.15, 0.2) is 0 Å². The number of hydrogen-bond donors (Lipinski definition) is 0. The van der Waals surface area contributed by atoms with Gasteiger partial charge in [0.05, 0.1) is 30.6 Å². The third kappa shape index (κ3) is 4.80. The van der Waals surface area contributed by atoms with Crippen LogP contribution in [0.2, 0.25) is 0 Å². The van der Waals surface area contributed by atoms with E-state index in [0.29, 0.717) is 5.91 Å². The minimum Gasteiger partial charge on any atom is -0.497 e. The fourth-order valence-electron chi connectivity index (χ4n) is 4.73. The average Bonchev–Trinajstić information content (AvgIpc) is 3.17. The molecule has 2 heterocycles. The number of fused-ring (bicyclic) bond motifs is 1. The van der Waals surface area contributed by atoms with Crippen LogP contribution in [0, 0.1) is 5.92 Å². The van der Waals surface area contributed by atoms with Crippen molar-refractivity contribution >= 4 is 16.9 Å². The number of aromatic nitrogens is 2. The van der Waals surface area contributed by atoms with Gasteiger partial charge in [0.25, 0.3) is 0 Å². The van der Waals surface area contributed by atoms with Gasteiger partial charge in [-0.25, -0.2) is 4.98 Å². The minimum atomic E-state index is 0.0862. The summed E-state index contributed by atoms with van der Waals surface area (Å²) < 4.78 is 7.62. The summed E-state index contributed by atoms with van der Waals surface area (Å²) in [6.45, 7) is 9.01. The van der Waals surface area contributed by atoms with E-state index >= 15 is 0 Å². The van der Waals surface area contributed by atoms with Crippen molar-refractivity contribution in [2.75, 3.05) is 33.3 Å². The number of amides is 1. The van der Waals surface area contributed by atoms with Gasteiger partial charge in [-0.3, -0.25) is 9.69 Å². The Kier molecular flexibility index (Phi) is 7.10. The number of hydrogen-bond acceptors (Lipinski definition) is 4. The Hall–Kier alpha value is -2.86. The molecular weight excluding hydrogens is 400 g/mol. The first-order valence-corrected chi connectivity index (χ1v) is 11.7. The lowest BCUT2D eigenvalue weighted by Gasteiger charge is -2.34. The predicted octanol–water partition coefficient (Wildman–Crippen LogP) is 4.17. The van der Waals surface area contributed by atoms with Crippen LogP contribution in [-0.4, -0.2) is 58.5 Å². The smallest absolute Gasteiger partial charge is 0.226 e. The normalized spacial score (nSPS) is 16.9. The number of likely N-dealkylation sites (tertiary alicyclic amines) is 1. The Morgan fingerprint density at radius 1 is 1.09 bits per heavy atom. The van der Waals surface area contributed by atoms with Crippen LogP contribution >= 0.6 is 0 Å². The molecule has 1 aliphatic rings. The first-order chi connectivity index (χ1) is 15.6. The van der Waals surface area contributed by atoms with Gasteiger partial charge < -0.3 is 14.2 Å². The largest absolute Gasteiger partial charge is 0.497 e. The van der Waals surface area contributed by atoms with Crippen LogP contribution in [0.4, 0.5) is 0 Å². The Morgan fingerprint density at radius 3 is 2.56 bits per heavy atom. The number of carbonyl (C=O) groups excluding carboxylic acids is 1. The minimum absolute atomic E-state index is 0.0862. The van der Waals surface area contributed by atoms with Gasteiger partial charge in [0.2, 0.25) is 5.91 Å². The van der Waals surface area contributed by atoms with Crippen molar-refractivity contribution in [2.45, 2.75) is 39.8 Å². The number of carbonyl (C=O) groups is 1. The van der Waals surface area contributed by atoms with Crippen molar-refractivity contribution in [1.82, 2.24) is 19.4 Å². The van der Waals surface area contributed by atoms with Crippen LogP contribution < -0.4 is 4.74 Å². The quantitative estimate of drug-likeness (QED) is 0.534. The predicted molar refractivity (Wildman–Crippen MR) is 128 cm³/mol. The molecule has 0 radical (unpaired) electrons. The van der Waals surface area contributed by atoms with Crippen molar-refractivity contribution in [3.63, 3.8) is 0 Å². The monoisotopic (exact) mass is 434 g/mol. The molecule has 2 aromatic carbocycles. The highest BCUT2D eigenvalue weighted by molar-refractivity contribution is 5.79. The van der Waals surface area contributed by atoms with Crippen molar-refractivity contribution in [1.29, 1.82) is 0 Å². The molecule has 170 valence electrons. The van der Waals surface area contributed by atoms with E-state index < -0.39 is 0 Å². The number of benzene rings is 2. The molecule has 1 aliphatic heterocycles. The van der Waals surface area contributed by atoms with E-state index in [2.05, 4.69) is 53.6 Å². The molecule has 0 N–H and O–H groups in total. The summed E-state index contributed by atoms with van der Waals surface area (Å²) in [5, 5.41) is 0. The Balaban J connectivity index is 1.56. The van der Waals surface area contributed by atoms with Crippen LogP contribution in [0.3, 0.4) is 0 Å². The lowest BCUT2D eigenvalue weighted by atomic mass is 9.96. The molecule has 0 bridgehead atoms. The van der Waals surface area contributed by atoms with Gasteiger partial charge in [-0.2, -0.15) is 0 Å². The van der Waals surface area contributed by atoms with E-state index in [4.69, 9.17) is 9.72 Å². The molecule has 1 aromatic heterocycles. The zero-order chi connectivity index (χ0) is 22.5. The Bertz CT molecular complexity index is 1040. The molecule has 32 heavy (non-hydrogen) atoms. The summed E-state index contributed by atoms with van der Waals surface area (Å²) >= 11 is 0. The Labute approximate surface area is 190 Å². The molecule has 3 aromatic rings. The summed E-state index contributed by atoms with van der Waals surface area (Å²) in [5.41, 5.74) is 3.37. The van der Waals surface area contributed by atoms with E-state index in [1.807, 2.05) is 23.1 Å². The highest BCUT2D eigenvalue weighted by Crippen LogP contribution is 2.24. The second-order valence-electron chi connectivity index (χ2n) is 8.54. The average molecular weight is 435 g/mol. The molecule has 0 aliphatic carbocycles. The van der Waals surface area contributed by atoms with Gasteiger partial charge in [-0.1, -0.05) is 24.3 Å². The number of methoxy groups -OCH3 is 1. The van der Waals surface area contributed by atoms with E-state index in [1.54, 1.807) is 7.11 Å². The first kappa shape index (κ1) is 22.3. The van der Waals surface area contributed by atoms with Crippen LogP contribution in [0.1, 0.15) is 38.1 Å². The van der Waals surface area contributed by atoms with E-state index in [-0.39, 0.29) is 5.92 Å². The third-order valence-corrected chi connectivity index (χ3v) is 6.53. The molecule has 1 fully saturated rings. The van der Waals surface area contributed by atoms with Crippen molar-refractivity contribution in [3.8, 4) is 5.75 Å². The second-order valence-corrected chi connectivity index (χ2v) is 8.54. The topological polar surface area (TPSA) is 50.6 Å². The maximum atomic E-state index is 12.9. The van der Waals surface area contributed by atoms with E-state index in [1.165, 1.54) is 5.56 Å². The standard InChI is InChI=1S/C26H34N4O2/c1-4-29(5-2)26(31)21-9-8-16-28(18-21)19-25-27-23-10-6-7-11-24(23)30(25)17-20-12-14-22(32-3)15-13-20/h6-7,10-15,21H,4-5,8-9,16-19H2,1-3H3/t21-/m1/s1. The molecule has 1 atom stereocenters. The summed E-state index contributed by atoms with van der Waals surface area (Å²) in [5.74, 6) is 2.30. The first-order valence-electron chi connectivity index (χ1n) is 11.7. The Morgan fingerprint density at radius 2 is 1.84 bits per heavy atom. The van der Waals surface area contributed by atoms with Gasteiger partial charge in [0, 0.05) is 26.2 Å². The van der Waals surface area contributed by atoms with Crippen molar-refractivity contribution < 1.29 is 9.53 Å². The second kappa shape index (κ2) is 10.2. The molecule has 6 nitrogen and oxygen atoms in total. The zero-order valence-corrected chi connectivity index (χ0v) is 19.5. The third-order valence-electron chi connectivity index (χ3n) is 6.53. The SMILES string of the molecule is CCN(CC)C(=O)[C@@H]1CCCN(Cc2nc3ccccc3n2Cc2ccc(OC)cc2)C1. The number of imidazole rings is 1. The summed E-state index contributed by atoms with van der Waals surface area (Å²) in [7, 11) is 1.69. The highest BCUT2D eigenvalue weighted by atomic mass is 16.5. The molecule has 1 amide bonds. The van der Waals surface area contributed by atoms with Crippen LogP contribution in [0.15, 0.2) is 48.5 Å². The molecule has 4 rings (SSSR count). The molecule has 0 saturated carbocycles. The fourth-order valence-corrected chi connectivity index (χ4v) is 4.73. The lowest BCUT2D eigenvalue weighted by Crippen LogP contribution is -2.44. The highest BCUT2D eigenvalue weighted by Gasteiger charge is 2.29. The number of piperidine rings is 1. The number of rotatable bonds is 8. The van der Waals surface area contributed by atoms with Gasteiger partial charge in [-0.05, 0) is 63.1 Å². The molecular formula is C26H34N4O2. The molecule has 6 heteroatoms. The molecule has 1 saturated heterocycles. The van der Waals surface area contributed by atoms with E-state index in [0.717, 1.165) is 74.7 Å². The summed E-state index contributed by atoms with van der Waals surface area (Å²) in [4.78, 5) is 22.3. The summed E-state index contributed by atoms with van der Waals surface area (Å²) in [6, 6.07) is 16.5. The van der Waals surface area contributed by atoms with E-state index in [9.17, 15) is 4.79 Å².